The van der Waals surface area contributed by atoms with Crippen molar-refractivity contribution in [3.63, 3.8) is 0 Å². The number of halogens is 3. The fraction of sp³-hybridized carbons (Fsp3) is 0.909. The Morgan fingerprint density at radius 1 is 1.39 bits per heavy atom. The Labute approximate surface area is 104 Å². The molecular formula is C11H19F3N2O2. The fourth-order valence-electron chi connectivity index (χ4n) is 2.01. The quantitative estimate of drug-likeness (QED) is 0.711. The number of carbonyl (C=O) groups is 1. The first-order valence-corrected chi connectivity index (χ1v) is 6.05. The standard InChI is InChI=1S/C11H19F3N2O2/c12-11(13,14)7-18-5-4-10(17)16-6-8-2-1-3-9(8)15/h8-9H,1-7,15H2,(H,16,17). The Balaban J connectivity index is 2.04. The predicted octanol–water partition coefficient (Wildman–Crippen LogP) is 1.20. The van der Waals surface area contributed by atoms with Gasteiger partial charge in [0.1, 0.15) is 6.61 Å². The van der Waals surface area contributed by atoms with Crippen molar-refractivity contribution in [3.8, 4) is 0 Å². The maximum Gasteiger partial charge on any atom is 0.411 e. The van der Waals surface area contributed by atoms with Crippen LogP contribution in [0.5, 0.6) is 0 Å². The number of nitrogens with one attached hydrogen (secondary N) is 1. The molecule has 2 unspecified atom stereocenters. The minimum absolute atomic E-state index is 0.0575. The molecule has 0 aliphatic heterocycles. The van der Waals surface area contributed by atoms with E-state index in [0.29, 0.717) is 6.54 Å². The average molecular weight is 268 g/mol. The normalized spacial score (nSPS) is 24.2. The molecule has 0 aromatic rings. The first-order valence-electron chi connectivity index (χ1n) is 6.05. The van der Waals surface area contributed by atoms with E-state index in [4.69, 9.17) is 5.73 Å². The molecule has 0 bridgehead atoms. The van der Waals surface area contributed by atoms with Crippen LogP contribution in [0.25, 0.3) is 0 Å². The van der Waals surface area contributed by atoms with Crippen molar-refractivity contribution >= 4 is 5.91 Å². The van der Waals surface area contributed by atoms with Gasteiger partial charge in [-0.15, -0.1) is 0 Å². The Morgan fingerprint density at radius 2 is 2.11 bits per heavy atom. The third-order valence-corrected chi connectivity index (χ3v) is 3.02. The van der Waals surface area contributed by atoms with Crippen LogP contribution < -0.4 is 11.1 Å². The maximum absolute atomic E-state index is 11.7. The molecule has 0 radical (unpaired) electrons. The molecule has 106 valence electrons. The molecule has 4 nitrogen and oxygen atoms in total. The summed E-state index contributed by atoms with van der Waals surface area (Å²) in [5.41, 5.74) is 5.83. The van der Waals surface area contributed by atoms with Gasteiger partial charge >= 0.3 is 6.18 Å². The molecule has 1 amide bonds. The molecule has 7 heteroatoms. The predicted molar refractivity (Wildman–Crippen MR) is 59.8 cm³/mol. The Hall–Kier alpha value is -0.820. The second-order valence-electron chi connectivity index (χ2n) is 4.58. The van der Waals surface area contributed by atoms with E-state index < -0.39 is 12.8 Å². The van der Waals surface area contributed by atoms with Crippen molar-refractivity contribution in [2.75, 3.05) is 19.8 Å². The van der Waals surface area contributed by atoms with Crippen molar-refractivity contribution in [1.82, 2.24) is 5.32 Å². The molecule has 0 heterocycles. The zero-order valence-electron chi connectivity index (χ0n) is 10.1. The molecule has 1 aliphatic carbocycles. The summed E-state index contributed by atoms with van der Waals surface area (Å²) in [6.45, 7) is -1.03. The highest BCUT2D eigenvalue weighted by molar-refractivity contribution is 5.75. The summed E-state index contributed by atoms with van der Waals surface area (Å²) in [5.74, 6) is -0.0127. The number of nitrogens with two attached hydrogens (primary N) is 1. The van der Waals surface area contributed by atoms with Crippen LogP contribution >= 0.6 is 0 Å². The Kier molecular flexibility index (Phi) is 5.87. The highest BCUT2D eigenvalue weighted by Gasteiger charge is 2.27. The van der Waals surface area contributed by atoms with E-state index >= 15 is 0 Å². The second-order valence-corrected chi connectivity index (χ2v) is 4.58. The number of rotatable bonds is 6. The number of hydrogen-bond donors (Lipinski definition) is 2. The van der Waals surface area contributed by atoms with E-state index in [0.717, 1.165) is 19.3 Å². The van der Waals surface area contributed by atoms with Crippen LogP contribution in [-0.2, 0) is 9.53 Å². The molecule has 2 atom stereocenters. The lowest BCUT2D eigenvalue weighted by Gasteiger charge is -2.15. The van der Waals surface area contributed by atoms with Crippen LogP contribution in [0.2, 0.25) is 0 Å². The van der Waals surface area contributed by atoms with Crippen LogP contribution in [0.15, 0.2) is 0 Å². The van der Waals surface area contributed by atoms with E-state index in [9.17, 15) is 18.0 Å². The van der Waals surface area contributed by atoms with Crippen molar-refractivity contribution in [1.29, 1.82) is 0 Å². The fourth-order valence-corrected chi connectivity index (χ4v) is 2.01. The average Bonchev–Trinajstić information content (AvgIpc) is 2.66. The third-order valence-electron chi connectivity index (χ3n) is 3.02. The van der Waals surface area contributed by atoms with E-state index in [1.54, 1.807) is 0 Å². The maximum atomic E-state index is 11.7. The summed E-state index contributed by atoms with van der Waals surface area (Å²) >= 11 is 0. The van der Waals surface area contributed by atoms with Crippen LogP contribution in [0.1, 0.15) is 25.7 Å². The van der Waals surface area contributed by atoms with Gasteiger partial charge in [0.25, 0.3) is 0 Å². The summed E-state index contributed by atoms with van der Waals surface area (Å²) in [7, 11) is 0. The van der Waals surface area contributed by atoms with E-state index in [1.807, 2.05) is 0 Å². The summed E-state index contributed by atoms with van der Waals surface area (Å²) in [4.78, 5) is 11.3. The van der Waals surface area contributed by atoms with Gasteiger partial charge in [-0.2, -0.15) is 13.2 Å². The van der Waals surface area contributed by atoms with Crippen molar-refractivity contribution in [2.45, 2.75) is 37.9 Å². The first-order chi connectivity index (χ1) is 8.38. The summed E-state index contributed by atoms with van der Waals surface area (Å²) in [6.07, 6.45) is -1.37. The molecule has 1 rings (SSSR count). The zero-order valence-corrected chi connectivity index (χ0v) is 10.1. The molecule has 0 saturated heterocycles. The lowest BCUT2D eigenvalue weighted by Crippen LogP contribution is -2.36. The molecule has 3 N–H and O–H groups in total. The summed E-state index contributed by atoms with van der Waals surface area (Å²) in [6, 6.07) is 0.117. The van der Waals surface area contributed by atoms with Crippen molar-refractivity contribution < 1.29 is 22.7 Å². The highest BCUT2D eigenvalue weighted by Crippen LogP contribution is 2.22. The van der Waals surface area contributed by atoms with Gasteiger partial charge < -0.3 is 15.8 Å². The van der Waals surface area contributed by atoms with E-state index in [2.05, 4.69) is 10.1 Å². The van der Waals surface area contributed by atoms with Crippen LogP contribution in [0, 0.1) is 5.92 Å². The van der Waals surface area contributed by atoms with Gasteiger partial charge in [-0.1, -0.05) is 6.42 Å². The molecule has 0 spiro atoms. The number of ether oxygens (including phenoxy) is 1. The topological polar surface area (TPSA) is 64.3 Å². The minimum Gasteiger partial charge on any atom is -0.372 e. The lowest BCUT2D eigenvalue weighted by molar-refractivity contribution is -0.174. The minimum atomic E-state index is -4.34. The SMILES string of the molecule is NC1CCCC1CNC(=O)CCOCC(F)(F)F. The van der Waals surface area contributed by atoms with Crippen LogP contribution in [0.3, 0.4) is 0 Å². The highest BCUT2D eigenvalue weighted by atomic mass is 19.4. The molecule has 0 aromatic heterocycles. The number of amides is 1. The van der Waals surface area contributed by atoms with Gasteiger partial charge in [-0.25, -0.2) is 0 Å². The number of carbonyl (C=O) groups excluding carboxylic acids is 1. The molecule has 1 saturated carbocycles. The Bertz CT molecular complexity index is 272. The van der Waals surface area contributed by atoms with Crippen LogP contribution in [-0.4, -0.2) is 37.9 Å². The monoisotopic (exact) mass is 268 g/mol. The molecule has 1 fully saturated rings. The van der Waals surface area contributed by atoms with E-state index in [-0.39, 0.29) is 30.9 Å². The molecule has 18 heavy (non-hydrogen) atoms. The lowest BCUT2D eigenvalue weighted by atomic mass is 10.0. The zero-order chi connectivity index (χ0) is 13.6. The van der Waals surface area contributed by atoms with Gasteiger partial charge in [-0.05, 0) is 18.8 Å². The van der Waals surface area contributed by atoms with Gasteiger partial charge in [0.05, 0.1) is 6.61 Å². The van der Waals surface area contributed by atoms with Gasteiger partial charge in [0, 0.05) is 19.0 Å². The Morgan fingerprint density at radius 3 is 2.67 bits per heavy atom. The first kappa shape index (κ1) is 15.2. The molecule has 1 aliphatic rings. The summed E-state index contributed by atoms with van der Waals surface area (Å²) < 4.78 is 39.6. The van der Waals surface area contributed by atoms with Gasteiger partial charge in [0.15, 0.2) is 0 Å². The van der Waals surface area contributed by atoms with Gasteiger partial charge in [-0.3, -0.25) is 4.79 Å². The van der Waals surface area contributed by atoms with Crippen molar-refractivity contribution in [2.24, 2.45) is 11.7 Å². The van der Waals surface area contributed by atoms with Crippen molar-refractivity contribution in [3.05, 3.63) is 0 Å². The van der Waals surface area contributed by atoms with Gasteiger partial charge in [0.2, 0.25) is 5.91 Å². The molecule has 0 aromatic carbocycles. The van der Waals surface area contributed by atoms with Crippen LogP contribution in [0.4, 0.5) is 13.2 Å². The largest absolute Gasteiger partial charge is 0.411 e. The van der Waals surface area contributed by atoms with E-state index in [1.165, 1.54) is 0 Å². The number of alkyl halides is 3. The second kappa shape index (κ2) is 6.94. The smallest absolute Gasteiger partial charge is 0.372 e. The number of hydrogen-bond acceptors (Lipinski definition) is 3. The molecular weight excluding hydrogens is 249 g/mol. The summed E-state index contributed by atoms with van der Waals surface area (Å²) in [5, 5.41) is 2.67. The third kappa shape index (κ3) is 6.20.